The molecule has 1 saturated carbocycles. The molecule has 0 bridgehead atoms. The summed E-state index contributed by atoms with van der Waals surface area (Å²) in [4.78, 5) is 0. The molecule has 1 atom stereocenters. The Labute approximate surface area is 117 Å². The number of hydrogen-bond acceptors (Lipinski definition) is 1. The van der Waals surface area contributed by atoms with E-state index in [1.165, 1.54) is 30.9 Å². The van der Waals surface area contributed by atoms with Crippen molar-refractivity contribution in [3.05, 3.63) is 70.8 Å². The zero-order valence-electron chi connectivity index (χ0n) is 11.2. The van der Waals surface area contributed by atoms with E-state index in [0.717, 1.165) is 11.6 Å². The Hall–Kier alpha value is -1.74. The summed E-state index contributed by atoms with van der Waals surface area (Å²) in [5, 5.41) is 0. The maximum Gasteiger partial charge on any atom is 0.163 e. The summed E-state index contributed by atoms with van der Waals surface area (Å²) in [5.41, 5.74) is 8.40. The SMILES string of the molecule is NC(c1cccc(C2CCC2)c1)c1cccc(F)c1F. The number of rotatable bonds is 3. The molecule has 0 aromatic heterocycles. The van der Waals surface area contributed by atoms with Crippen LogP contribution in [0.25, 0.3) is 0 Å². The van der Waals surface area contributed by atoms with Crippen molar-refractivity contribution in [1.29, 1.82) is 0 Å². The standard InChI is InChI=1S/C17H17F2N/c18-15-9-3-8-14(16(15)19)17(20)13-7-2-6-12(10-13)11-4-1-5-11/h2-3,6-11,17H,1,4-5,20H2. The van der Waals surface area contributed by atoms with Gasteiger partial charge in [0.25, 0.3) is 0 Å². The molecule has 1 aliphatic rings. The highest BCUT2D eigenvalue weighted by Gasteiger charge is 2.21. The molecular weight excluding hydrogens is 256 g/mol. The fourth-order valence-electron chi connectivity index (χ4n) is 2.69. The predicted octanol–water partition coefficient (Wildman–Crippen LogP) is 4.28. The molecule has 20 heavy (non-hydrogen) atoms. The van der Waals surface area contributed by atoms with Crippen LogP contribution in [0.1, 0.15) is 47.9 Å². The van der Waals surface area contributed by atoms with E-state index in [-0.39, 0.29) is 5.56 Å². The van der Waals surface area contributed by atoms with Crippen molar-refractivity contribution < 1.29 is 8.78 Å². The van der Waals surface area contributed by atoms with Gasteiger partial charge in [-0.25, -0.2) is 8.78 Å². The molecule has 1 nitrogen and oxygen atoms in total. The molecule has 0 saturated heterocycles. The van der Waals surface area contributed by atoms with Crippen LogP contribution in [-0.4, -0.2) is 0 Å². The van der Waals surface area contributed by atoms with Crippen LogP contribution in [-0.2, 0) is 0 Å². The second kappa shape index (κ2) is 5.33. The highest BCUT2D eigenvalue weighted by atomic mass is 19.2. The van der Waals surface area contributed by atoms with E-state index < -0.39 is 17.7 Å². The number of nitrogens with two attached hydrogens (primary N) is 1. The molecule has 2 aromatic carbocycles. The molecule has 2 aromatic rings. The smallest absolute Gasteiger partial charge is 0.163 e. The Morgan fingerprint density at radius 1 is 1.05 bits per heavy atom. The van der Waals surface area contributed by atoms with E-state index in [9.17, 15) is 8.78 Å². The molecule has 3 rings (SSSR count). The van der Waals surface area contributed by atoms with Gasteiger partial charge in [-0.15, -0.1) is 0 Å². The Balaban J connectivity index is 1.93. The van der Waals surface area contributed by atoms with Crippen molar-refractivity contribution >= 4 is 0 Å². The molecule has 1 unspecified atom stereocenters. The third-order valence-electron chi connectivity index (χ3n) is 4.16. The fraction of sp³-hybridized carbons (Fsp3) is 0.294. The molecule has 104 valence electrons. The zero-order valence-corrected chi connectivity index (χ0v) is 11.2. The van der Waals surface area contributed by atoms with Gasteiger partial charge in [0.05, 0.1) is 6.04 Å². The molecule has 0 heterocycles. The number of benzene rings is 2. The third-order valence-corrected chi connectivity index (χ3v) is 4.16. The summed E-state index contributed by atoms with van der Waals surface area (Å²) in [5.74, 6) is -1.11. The fourth-order valence-corrected chi connectivity index (χ4v) is 2.69. The van der Waals surface area contributed by atoms with Crippen LogP contribution in [0, 0.1) is 11.6 Å². The Bertz CT molecular complexity index is 620. The molecule has 0 spiro atoms. The van der Waals surface area contributed by atoms with Crippen molar-refractivity contribution in [2.75, 3.05) is 0 Å². The van der Waals surface area contributed by atoms with Crippen molar-refractivity contribution in [2.24, 2.45) is 5.73 Å². The van der Waals surface area contributed by atoms with Gasteiger partial charge in [-0.3, -0.25) is 0 Å². The molecule has 0 radical (unpaired) electrons. The minimum atomic E-state index is -0.854. The van der Waals surface area contributed by atoms with E-state index in [4.69, 9.17) is 5.73 Å². The van der Waals surface area contributed by atoms with Gasteiger partial charge in [0.15, 0.2) is 11.6 Å². The summed E-state index contributed by atoms with van der Waals surface area (Å²) in [6, 6.07) is 11.4. The zero-order chi connectivity index (χ0) is 14.1. The predicted molar refractivity (Wildman–Crippen MR) is 75.4 cm³/mol. The first-order valence-electron chi connectivity index (χ1n) is 6.96. The lowest BCUT2D eigenvalue weighted by atomic mass is 9.79. The highest BCUT2D eigenvalue weighted by molar-refractivity contribution is 5.36. The van der Waals surface area contributed by atoms with E-state index in [1.807, 2.05) is 18.2 Å². The van der Waals surface area contributed by atoms with Gasteiger partial charge in [0.1, 0.15) is 0 Å². The van der Waals surface area contributed by atoms with E-state index in [1.54, 1.807) is 6.07 Å². The van der Waals surface area contributed by atoms with Crippen LogP contribution >= 0.6 is 0 Å². The minimum absolute atomic E-state index is 0.204. The Morgan fingerprint density at radius 3 is 2.50 bits per heavy atom. The van der Waals surface area contributed by atoms with E-state index in [0.29, 0.717) is 5.92 Å². The average molecular weight is 273 g/mol. The third kappa shape index (κ3) is 2.34. The molecule has 3 heteroatoms. The van der Waals surface area contributed by atoms with Crippen LogP contribution in [0.5, 0.6) is 0 Å². The summed E-state index contributed by atoms with van der Waals surface area (Å²) in [7, 11) is 0. The number of hydrogen-bond donors (Lipinski definition) is 1. The van der Waals surface area contributed by atoms with Gasteiger partial charge in [0.2, 0.25) is 0 Å². The van der Waals surface area contributed by atoms with Crippen LogP contribution in [0.15, 0.2) is 42.5 Å². The molecule has 0 amide bonds. The largest absolute Gasteiger partial charge is 0.320 e. The summed E-state index contributed by atoms with van der Waals surface area (Å²) in [6.45, 7) is 0. The van der Waals surface area contributed by atoms with Crippen LogP contribution in [0.2, 0.25) is 0 Å². The number of halogens is 2. The normalized spacial score (nSPS) is 16.8. The molecule has 1 aliphatic carbocycles. The second-order valence-electron chi connectivity index (χ2n) is 5.42. The summed E-state index contributed by atoms with van der Waals surface area (Å²) >= 11 is 0. The van der Waals surface area contributed by atoms with Gasteiger partial charge < -0.3 is 5.73 Å². The molecule has 0 aliphatic heterocycles. The van der Waals surface area contributed by atoms with Gasteiger partial charge in [0, 0.05) is 5.56 Å². The van der Waals surface area contributed by atoms with Crippen molar-refractivity contribution in [3.8, 4) is 0 Å². The van der Waals surface area contributed by atoms with E-state index in [2.05, 4.69) is 6.07 Å². The second-order valence-corrected chi connectivity index (χ2v) is 5.42. The average Bonchev–Trinajstić information content (AvgIpc) is 2.40. The lowest BCUT2D eigenvalue weighted by Gasteiger charge is -2.26. The van der Waals surface area contributed by atoms with E-state index >= 15 is 0 Å². The highest BCUT2D eigenvalue weighted by Crippen LogP contribution is 2.37. The Kier molecular flexibility index (Phi) is 3.53. The maximum absolute atomic E-state index is 13.8. The molecule has 1 fully saturated rings. The monoisotopic (exact) mass is 273 g/mol. The van der Waals surface area contributed by atoms with Crippen molar-refractivity contribution in [3.63, 3.8) is 0 Å². The first kappa shape index (κ1) is 13.3. The minimum Gasteiger partial charge on any atom is -0.320 e. The van der Waals surface area contributed by atoms with Crippen LogP contribution in [0.3, 0.4) is 0 Å². The topological polar surface area (TPSA) is 26.0 Å². The van der Waals surface area contributed by atoms with Crippen molar-refractivity contribution in [2.45, 2.75) is 31.2 Å². The maximum atomic E-state index is 13.8. The van der Waals surface area contributed by atoms with Gasteiger partial charge in [-0.2, -0.15) is 0 Å². The lowest BCUT2D eigenvalue weighted by Crippen LogP contribution is -2.16. The summed E-state index contributed by atoms with van der Waals surface area (Å²) in [6.07, 6.45) is 3.67. The van der Waals surface area contributed by atoms with Gasteiger partial charge in [-0.1, -0.05) is 42.8 Å². The first-order valence-corrected chi connectivity index (χ1v) is 6.96. The molecular formula is C17H17F2N. The quantitative estimate of drug-likeness (QED) is 0.887. The van der Waals surface area contributed by atoms with Crippen LogP contribution in [0.4, 0.5) is 8.78 Å². The lowest BCUT2D eigenvalue weighted by molar-refractivity contribution is 0.419. The first-order chi connectivity index (χ1) is 9.66. The van der Waals surface area contributed by atoms with Gasteiger partial charge in [-0.05, 0) is 36.0 Å². The Morgan fingerprint density at radius 2 is 1.80 bits per heavy atom. The summed E-state index contributed by atoms with van der Waals surface area (Å²) < 4.78 is 27.1. The van der Waals surface area contributed by atoms with Crippen molar-refractivity contribution in [1.82, 2.24) is 0 Å². The van der Waals surface area contributed by atoms with Gasteiger partial charge >= 0.3 is 0 Å². The molecule has 2 N–H and O–H groups in total. The van der Waals surface area contributed by atoms with Crippen LogP contribution < -0.4 is 5.73 Å².